The highest BCUT2D eigenvalue weighted by Crippen LogP contribution is 2.26. The fourth-order valence-corrected chi connectivity index (χ4v) is 0.766. The van der Waals surface area contributed by atoms with Crippen LogP contribution in [-0.2, 0) is 9.59 Å². The first-order chi connectivity index (χ1) is 6.46. The van der Waals surface area contributed by atoms with Gasteiger partial charge in [0.2, 0.25) is 11.6 Å². The number of Topliss-reactive ketones (excluding diaryl/α,β-unsaturated/α-hetero) is 2. The van der Waals surface area contributed by atoms with Gasteiger partial charge in [-0.25, -0.2) is 0 Å². The van der Waals surface area contributed by atoms with Gasteiger partial charge in [0.1, 0.15) is 0 Å². The SMILES string of the molecule is CC(CC(=O)C(F)(F)F)C(=O)C(F)(F)F. The summed E-state index contributed by atoms with van der Waals surface area (Å²) in [7, 11) is 0. The van der Waals surface area contributed by atoms with Crippen molar-refractivity contribution in [2.75, 3.05) is 0 Å². The summed E-state index contributed by atoms with van der Waals surface area (Å²) in [5, 5.41) is 0. The van der Waals surface area contributed by atoms with Crippen molar-refractivity contribution in [2.24, 2.45) is 5.92 Å². The zero-order chi connectivity index (χ0) is 12.4. The fourth-order valence-electron chi connectivity index (χ4n) is 0.766. The quantitative estimate of drug-likeness (QED) is 0.704. The van der Waals surface area contributed by atoms with Gasteiger partial charge in [-0.1, -0.05) is 6.92 Å². The lowest BCUT2D eigenvalue weighted by Crippen LogP contribution is -2.33. The van der Waals surface area contributed by atoms with Crippen LogP contribution in [0, 0.1) is 5.92 Å². The second kappa shape index (κ2) is 4.19. The summed E-state index contributed by atoms with van der Waals surface area (Å²) < 4.78 is 70.0. The molecule has 0 spiro atoms. The molecule has 0 aliphatic heterocycles. The van der Waals surface area contributed by atoms with Crippen molar-refractivity contribution in [2.45, 2.75) is 25.7 Å². The van der Waals surface area contributed by atoms with Gasteiger partial charge < -0.3 is 0 Å². The molecule has 1 unspecified atom stereocenters. The molecule has 0 bridgehead atoms. The van der Waals surface area contributed by atoms with Crippen LogP contribution in [0.1, 0.15) is 13.3 Å². The first kappa shape index (κ1) is 13.9. The molecule has 0 aromatic carbocycles. The summed E-state index contributed by atoms with van der Waals surface area (Å²) >= 11 is 0. The Kier molecular flexibility index (Phi) is 3.89. The van der Waals surface area contributed by atoms with E-state index >= 15 is 0 Å². The number of alkyl halides is 6. The molecule has 88 valence electrons. The van der Waals surface area contributed by atoms with Gasteiger partial charge in [-0.3, -0.25) is 9.59 Å². The highest BCUT2D eigenvalue weighted by Gasteiger charge is 2.45. The Morgan fingerprint density at radius 2 is 1.40 bits per heavy atom. The number of hydrogen-bond donors (Lipinski definition) is 0. The first-order valence-electron chi connectivity index (χ1n) is 3.67. The molecule has 0 amide bonds. The molecule has 0 heterocycles. The highest BCUT2D eigenvalue weighted by atomic mass is 19.4. The second-order valence-corrected chi connectivity index (χ2v) is 2.89. The van der Waals surface area contributed by atoms with Crippen LogP contribution >= 0.6 is 0 Å². The van der Waals surface area contributed by atoms with Crippen molar-refractivity contribution < 1.29 is 35.9 Å². The van der Waals surface area contributed by atoms with Crippen LogP contribution in [0.2, 0.25) is 0 Å². The number of hydrogen-bond acceptors (Lipinski definition) is 2. The minimum Gasteiger partial charge on any atom is -0.290 e. The van der Waals surface area contributed by atoms with Crippen molar-refractivity contribution in [1.82, 2.24) is 0 Å². The van der Waals surface area contributed by atoms with Gasteiger partial charge in [-0.2, -0.15) is 26.3 Å². The van der Waals surface area contributed by atoms with Gasteiger partial charge in [-0.15, -0.1) is 0 Å². The van der Waals surface area contributed by atoms with Crippen molar-refractivity contribution in [3.8, 4) is 0 Å². The summed E-state index contributed by atoms with van der Waals surface area (Å²) in [4.78, 5) is 20.6. The molecule has 0 aliphatic rings. The minimum absolute atomic E-state index is 0.624. The number of halogens is 6. The number of ketones is 2. The zero-order valence-corrected chi connectivity index (χ0v) is 7.37. The zero-order valence-electron chi connectivity index (χ0n) is 7.37. The second-order valence-electron chi connectivity index (χ2n) is 2.89. The lowest BCUT2D eigenvalue weighted by Gasteiger charge is -2.12. The molecular formula is C7H6F6O2. The van der Waals surface area contributed by atoms with E-state index in [4.69, 9.17) is 0 Å². The number of carbonyl (C=O) groups is 2. The van der Waals surface area contributed by atoms with E-state index in [-0.39, 0.29) is 0 Å². The largest absolute Gasteiger partial charge is 0.450 e. The molecule has 0 saturated carbocycles. The molecule has 0 aliphatic carbocycles. The lowest BCUT2D eigenvalue weighted by atomic mass is 9.99. The molecule has 0 aromatic heterocycles. The van der Waals surface area contributed by atoms with Gasteiger partial charge in [0.05, 0.1) is 0 Å². The average Bonchev–Trinajstić information content (AvgIpc) is 1.99. The van der Waals surface area contributed by atoms with E-state index in [1.54, 1.807) is 0 Å². The van der Waals surface area contributed by atoms with Gasteiger partial charge in [0, 0.05) is 12.3 Å². The van der Waals surface area contributed by atoms with Crippen molar-refractivity contribution in [3.05, 3.63) is 0 Å². The van der Waals surface area contributed by atoms with E-state index in [1.165, 1.54) is 0 Å². The molecule has 0 saturated heterocycles. The monoisotopic (exact) mass is 236 g/mol. The summed E-state index contributed by atoms with van der Waals surface area (Å²) in [6.07, 6.45) is -11.9. The molecule has 0 aromatic rings. The molecular weight excluding hydrogens is 230 g/mol. The molecule has 2 nitrogen and oxygen atoms in total. The number of carbonyl (C=O) groups excluding carboxylic acids is 2. The third-order valence-electron chi connectivity index (χ3n) is 1.53. The van der Waals surface area contributed by atoms with Crippen molar-refractivity contribution in [1.29, 1.82) is 0 Å². The summed E-state index contributed by atoms with van der Waals surface area (Å²) in [5.41, 5.74) is 0. The van der Waals surface area contributed by atoms with E-state index in [0.717, 1.165) is 0 Å². The number of rotatable bonds is 3. The van der Waals surface area contributed by atoms with E-state index in [9.17, 15) is 35.9 Å². The van der Waals surface area contributed by atoms with Crippen LogP contribution in [0.5, 0.6) is 0 Å². The highest BCUT2D eigenvalue weighted by molar-refractivity contribution is 5.92. The predicted octanol–water partition coefficient (Wildman–Crippen LogP) is 2.28. The third-order valence-corrected chi connectivity index (χ3v) is 1.53. The fraction of sp³-hybridized carbons (Fsp3) is 0.714. The van der Waals surface area contributed by atoms with Gasteiger partial charge in [0.25, 0.3) is 0 Å². The van der Waals surface area contributed by atoms with Gasteiger partial charge in [-0.05, 0) is 0 Å². The molecule has 0 rings (SSSR count). The topological polar surface area (TPSA) is 34.1 Å². The normalized spacial score (nSPS) is 14.9. The van der Waals surface area contributed by atoms with Crippen LogP contribution in [0.4, 0.5) is 26.3 Å². The van der Waals surface area contributed by atoms with Crippen molar-refractivity contribution in [3.63, 3.8) is 0 Å². The van der Waals surface area contributed by atoms with Crippen molar-refractivity contribution >= 4 is 11.6 Å². The Hall–Kier alpha value is -1.08. The first-order valence-corrected chi connectivity index (χ1v) is 3.67. The van der Waals surface area contributed by atoms with Gasteiger partial charge >= 0.3 is 12.4 Å². The Balaban J connectivity index is 4.46. The average molecular weight is 236 g/mol. The smallest absolute Gasteiger partial charge is 0.290 e. The summed E-state index contributed by atoms with van der Waals surface area (Å²) in [6, 6.07) is 0. The van der Waals surface area contributed by atoms with E-state index < -0.39 is 36.3 Å². The summed E-state index contributed by atoms with van der Waals surface area (Å²) in [5.74, 6) is -6.69. The molecule has 1 atom stereocenters. The lowest BCUT2D eigenvalue weighted by molar-refractivity contribution is -0.180. The molecule has 0 radical (unpaired) electrons. The van der Waals surface area contributed by atoms with Gasteiger partial charge in [0.15, 0.2) is 0 Å². The van der Waals surface area contributed by atoms with E-state index in [1.807, 2.05) is 0 Å². The molecule has 8 heteroatoms. The predicted molar refractivity (Wildman–Crippen MR) is 35.9 cm³/mol. The third kappa shape index (κ3) is 4.30. The Morgan fingerprint density at radius 3 is 1.67 bits per heavy atom. The Bertz CT molecular complexity index is 264. The van der Waals surface area contributed by atoms with Crippen LogP contribution in [0.25, 0.3) is 0 Å². The maximum atomic E-state index is 11.7. The van der Waals surface area contributed by atoms with Crippen LogP contribution in [0.3, 0.4) is 0 Å². The Labute approximate surface area is 80.2 Å². The maximum absolute atomic E-state index is 11.7. The van der Waals surface area contributed by atoms with E-state index in [0.29, 0.717) is 6.92 Å². The van der Waals surface area contributed by atoms with E-state index in [2.05, 4.69) is 0 Å². The van der Waals surface area contributed by atoms with Crippen LogP contribution < -0.4 is 0 Å². The standard InChI is InChI=1S/C7H6F6O2/c1-3(5(15)7(11,12)13)2-4(14)6(8,9)10/h3H,2H2,1H3. The Morgan fingerprint density at radius 1 is 1.00 bits per heavy atom. The minimum atomic E-state index is -5.22. The molecule has 0 N–H and O–H groups in total. The molecule has 15 heavy (non-hydrogen) atoms. The summed E-state index contributed by atoms with van der Waals surface area (Å²) in [6.45, 7) is 0.624. The molecule has 0 fully saturated rings. The van der Waals surface area contributed by atoms with Crippen LogP contribution in [-0.4, -0.2) is 23.9 Å². The maximum Gasteiger partial charge on any atom is 0.450 e. The van der Waals surface area contributed by atoms with Crippen LogP contribution in [0.15, 0.2) is 0 Å².